The van der Waals surface area contributed by atoms with Gasteiger partial charge in [0.25, 0.3) is 0 Å². The lowest BCUT2D eigenvalue weighted by molar-refractivity contribution is 1.12. The fourth-order valence-corrected chi connectivity index (χ4v) is 1.94. The molecule has 0 spiro atoms. The molecule has 0 atom stereocenters. The highest BCUT2D eigenvalue weighted by Gasteiger charge is 2.06. The van der Waals surface area contributed by atoms with Gasteiger partial charge in [-0.25, -0.2) is 4.98 Å². The summed E-state index contributed by atoms with van der Waals surface area (Å²) in [4.78, 5) is 4.05. The van der Waals surface area contributed by atoms with E-state index < -0.39 is 0 Å². The number of thioether (sulfide) groups is 1. The van der Waals surface area contributed by atoms with Crippen LogP contribution in [-0.4, -0.2) is 16.6 Å². The summed E-state index contributed by atoms with van der Waals surface area (Å²) in [5, 5.41) is 9.76. The normalized spacial score (nSPS) is 9.62. The number of hydrogen-bond donors (Lipinski definition) is 0. The van der Waals surface area contributed by atoms with E-state index in [1.807, 2.05) is 6.07 Å². The maximum absolute atomic E-state index is 8.67. The van der Waals surface area contributed by atoms with Crippen LogP contribution in [0.5, 0.6) is 0 Å². The van der Waals surface area contributed by atoms with Gasteiger partial charge < -0.3 is 0 Å². The maximum Gasteiger partial charge on any atom is 0.116 e. The molecule has 0 saturated heterocycles. The van der Waals surface area contributed by atoms with Gasteiger partial charge in [0.1, 0.15) is 11.1 Å². The molecule has 0 aromatic carbocycles. The molecule has 1 rings (SSSR count). The highest BCUT2D eigenvalue weighted by molar-refractivity contribution is 7.99. The summed E-state index contributed by atoms with van der Waals surface area (Å²) in [6.45, 7) is 0. The van der Waals surface area contributed by atoms with E-state index in [1.165, 1.54) is 11.8 Å². The molecule has 0 N–H and O–H groups in total. The number of nitriles is 1. The summed E-state index contributed by atoms with van der Waals surface area (Å²) in [5.74, 6) is 1.28. The fourth-order valence-electron chi connectivity index (χ4n) is 0.747. The predicted octanol–water partition coefficient (Wildman–Crippen LogP) is 2.94. The second kappa shape index (κ2) is 5.33. The Morgan fingerprint density at radius 1 is 1.62 bits per heavy atom. The molecule has 0 unspecified atom stereocenters. The molecule has 2 nitrogen and oxygen atoms in total. The Kier molecular flexibility index (Phi) is 4.37. The van der Waals surface area contributed by atoms with Crippen molar-refractivity contribution in [2.24, 2.45) is 0 Å². The van der Waals surface area contributed by atoms with E-state index >= 15 is 0 Å². The number of pyridine rings is 1. The molecule has 13 heavy (non-hydrogen) atoms. The molecule has 5 heteroatoms. The molecule has 0 saturated carbocycles. The summed E-state index contributed by atoms with van der Waals surface area (Å²) in [7, 11) is 0. The van der Waals surface area contributed by atoms with Gasteiger partial charge >= 0.3 is 0 Å². The van der Waals surface area contributed by atoms with E-state index in [0.29, 0.717) is 21.5 Å². The average molecular weight is 233 g/mol. The molecule has 0 bridgehead atoms. The molecule has 0 fully saturated rings. The molecular weight excluding hydrogens is 227 g/mol. The van der Waals surface area contributed by atoms with Crippen molar-refractivity contribution in [2.45, 2.75) is 5.03 Å². The van der Waals surface area contributed by atoms with Crippen LogP contribution < -0.4 is 0 Å². The number of halogens is 2. The van der Waals surface area contributed by atoms with Crippen LogP contribution in [0.3, 0.4) is 0 Å². The molecule has 0 aliphatic heterocycles. The van der Waals surface area contributed by atoms with Crippen molar-refractivity contribution in [1.29, 1.82) is 5.26 Å². The Balaban J connectivity index is 2.90. The molecule has 1 heterocycles. The van der Waals surface area contributed by atoms with Crippen molar-refractivity contribution in [2.75, 3.05) is 11.6 Å². The van der Waals surface area contributed by atoms with Crippen molar-refractivity contribution in [3.8, 4) is 6.07 Å². The van der Waals surface area contributed by atoms with E-state index in [4.69, 9.17) is 28.5 Å². The standard InChI is InChI=1S/C8H6Cl2N2S/c9-2-4-13-8-7(10)6(5-11)1-3-12-8/h1,3H,2,4H2. The Hall–Kier alpha value is -0.430. The van der Waals surface area contributed by atoms with Gasteiger partial charge in [-0.3, -0.25) is 0 Å². The maximum atomic E-state index is 8.67. The molecule has 0 amide bonds. The Morgan fingerprint density at radius 2 is 2.38 bits per heavy atom. The zero-order valence-corrected chi connectivity index (χ0v) is 8.96. The monoisotopic (exact) mass is 232 g/mol. The molecular formula is C8H6Cl2N2S. The van der Waals surface area contributed by atoms with Gasteiger partial charge in [-0.15, -0.1) is 23.4 Å². The lowest BCUT2D eigenvalue weighted by atomic mass is 10.3. The van der Waals surface area contributed by atoms with Gasteiger partial charge in [0.15, 0.2) is 0 Å². The SMILES string of the molecule is N#Cc1ccnc(SCCCl)c1Cl. The van der Waals surface area contributed by atoms with Crippen molar-refractivity contribution in [3.63, 3.8) is 0 Å². The first kappa shape index (κ1) is 10.6. The third kappa shape index (κ3) is 2.77. The van der Waals surface area contributed by atoms with Crippen molar-refractivity contribution in [3.05, 3.63) is 22.8 Å². The van der Waals surface area contributed by atoms with Crippen molar-refractivity contribution < 1.29 is 0 Å². The second-order valence-corrected chi connectivity index (χ2v) is 3.97. The Bertz CT molecular complexity index is 335. The predicted molar refractivity (Wildman–Crippen MR) is 55.4 cm³/mol. The number of aromatic nitrogens is 1. The van der Waals surface area contributed by atoms with E-state index in [-0.39, 0.29) is 0 Å². The summed E-state index contributed by atoms with van der Waals surface area (Å²) in [6, 6.07) is 3.58. The summed E-state index contributed by atoms with van der Waals surface area (Å²) >= 11 is 12.9. The summed E-state index contributed by atoms with van der Waals surface area (Å²) in [6.07, 6.45) is 1.57. The smallest absolute Gasteiger partial charge is 0.116 e. The largest absolute Gasteiger partial charge is 0.248 e. The lowest BCUT2D eigenvalue weighted by Gasteiger charge is -2.01. The molecule has 0 aliphatic rings. The number of hydrogen-bond acceptors (Lipinski definition) is 3. The quantitative estimate of drug-likeness (QED) is 0.594. The number of nitrogens with zero attached hydrogens (tertiary/aromatic N) is 2. The van der Waals surface area contributed by atoms with Crippen LogP contribution in [0.25, 0.3) is 0 Å². The van der Waals surface area contributed by atoms with E-state index in [2.05, 4.69) is 4.98 Å². The first-order valence-electron chi connectivity index (χ1n) is 3.53. The van der Waals surface area contributed by atoms with Crippen LogP contribution in [0, 0.1) is 11.3 Å². The van der Waals surface area contributed by atoms with Crippen molar-refractivity contribution in [1.82, 2.24) is 4.98 Å². The van der Waals surface area contributed by atoms with Crippen LogP contribution in [0.4, 0.5) is 0 Å². The number of rotatable bonds is 3. The van der Waals surface area contributed by atoms with E-state index in [1.54, 1.807) is 12.3 Å². The number of alkyl halides is 1. The third-order valence-corrected chi connectivity index (χ3v) is 3.19. The second-order valence-electron chi connectivity index (χ2n) is 2.13. The minimum absolute atomic E-state index is 0.417. The van der Waals surface area contributed by atoms with Crippen LogP contribution in [0.15, 0.2) is 17.3 Å². The average Bonchev–Trinajstić information content (AvgIpc) is 2.16. The molecule has 0 radical (unpaired) electrons. The first-order chi connectivity index (χ1) is 6.29. The highest BCUT2D eigenvalue weighted by atomic mass is 35.5. The van der Waals surface area contributed by atoms with Gasteiger partial charge in [0.2, 0.25) is 0 Å². The first-order valence-corrected chi connectivity index (χ1v) is 5.42. The van der Waals surface area contributed by atoms with Gasteiger partial charge in [-0.1, -0.05) is 11.6 Å². The topological polar surface area (TPSA) is 36.7 Å². The Labute approximate surface area is 90.9 Å². The van der Waals surface area contributed by atoms with Gasteiger partial charge in [-0.05, 0) is 6.07 Å². The summed E-state index contributed by atoms with van der Waals surface area (Å²) in [5.41, 5.74) is 0.453. The zero-order chi connectivity index (χ0) is 9.68. The van der Waals surface area contributed by atoms with Gasteiger partial charge in [0.05, 0.1) is 10.6 Å². The minimum Gasteiger partial charge on any atom is -0.248 e. The van der Waals surface area contributed by atoms with Crippen LogP contribution in [-0.2, 0) is 0 Å². The van der Waals surface area contributed by atoms with Gasteiger partial charge in [-0.2, -0.15) is 5.26 Å². The lowest BCUT2D eigenvalue weighted by Crippen LogP contribution is -1.87. The minimum atomic E-state index is 0.417. The van der Waals surface area contributed by atoms with Crippen LogP contribution in [0.2, 0.25) is 5.02 Å². The van der Waals surface area contributed by atoms with Crippen LogP contribution >= 0.6 is 35.0 Å². The van der Waals surface area contributed by atoms with Crippen LogP contribution in [0.1, 0.15) is 5.56 Å². The molecule has 1 aromatic heterocycles. The van der Waals surface area contributed by atoms with Gasteiger partial charge in [0, 0.05) is 17.8 Å². The molecule has 1 aromatic rings. The molecule has 0 aliphatic carbocycles. The van der Waals surface area contributed by atoms with E-state index in [0.717, 1.165) is 5.75 Å². The van der Waals surface area contributed by atoms with E-state index in [9.17, 15) is 0 Å². The highest BCUT2D eigenvalue weighted by Crippen LogP contribution is 2.27. The molecule has 68 valence electrons. The Morgan fingerprint density at radius 3 is 3.00 bits per heavy atom. The third-order valence-electron chi connectivity index (χ3n) is 1.29. The summed E-state index contributed by atoms with van der Waals surface area (Å²) < 4.78 is 0. The van der Waals surface area contributed by atoms with Crippen molar-refractivity contribution >= 4 is 35.0 Å². The zero-order valence-electron chi connectivity index (χ0n) is 6.63. The fraction of sp³-hybridized carbons (Fsp3) is 0.250.